The lowest BCUT2D eigenvalue weighted by Crippen LogP contribution is -2.49. The zero-order valence-electron chi connectivity index (χ0n) is 19.2. The Morgan fingerprint density at radius 1 is 1.00 bits per heavy atom. The van der Waals surface area contributed by atoms with Crippen LogP contribution in [-0.4, -0.2) is 76.5 Å². The minimum absolute atomic E-state index is 0.349. The van der Waals surface area contributed by atoms with E-state index in [9.17, 15) is 4.79 Å². The topological polar surface area (TPSA) is 65.5 Å². The minimum atomic E-state index is 0.349. The molecular weight excluding hydrogens is 400 g/mol. The Labute approximate surface area is 190 Å². The first-order valence-corrected chi connectivity index (χ1v) is 12.3. The van der Waals surface area contributed by atoms with Crippen LogP contribution in [0.4, 0.5) is 5.82 Å². The molecule has 3 aliphatic rings. The van der Waals surface area contributed by atoms with Crippen LogP contribution in [0.15, 0.2) is 24.5 Å². The van der Waals surface area contributed by atoms with Crippen LogP contribution >= 0.6 is 0 Å². The van der Waals surface area contributed by atoms with E-state index in [0.29, 0.717) is 18.2 Å². The fourth-order valence-electron chi connectivity index (χ4n) is 5.34. The van der Waals surface area contributed by atoms with Gasteiger partial charge in [0, 0.05) is 74.9 Å². The predicted octanol–water partition coefficient (Wildman–Crippen LogP) is 2.80. The second-order valence-corrected chi connectivity index (χ2v) is 9.34. The normalized spacial score (nSPS) is 19.9. The van der Waals surface area contributed by atoms with E-state index in [1.807, 2.05) is 12.1 Å². The van der Waals surface area contributed by atoms with Gasteiger partial charge in [-0.1, -0.05) is 6.92 Å². The Hall–Kier alpha value is -2.54. The molecule has 2 saturated heterocycles. The second-order valence-electron chi connectivity index (χ2n) is 9.34. The van der Waals surface area contributed by atoms with Gasteiger partial charge in [0.05, 0.1) is 0 Å². The molecule has 2 aromatic rings. The number of piperazine rings is 1. The summed E-state index contributed by atoms with van der Waals surface area (Å²) in [6.07, 6.45) is 9.69. The van der Waals surface area contributed by atoms with E-state index in [2.05, 4.69) is 26.6 Å². The fourth-order valence-corrected chi connectivity index (χ4v) is 5.34. The van der Waals surface area contributed by atoms with Crippen molar-refractivity contribution in [1.29, 1.82) is 0 Å². The predicted molar refractivity (Wildman–Crippen MR) is 126 cm³/mol. The Balaban J connectivity index is 1.23. The second kappa shape index (κ2) is 9.53. The Morgan fingerprint density at radius 2 is 1.75 bits per heavy atom. The van der Waals surface area contributed by atoms with Crippen LogP contribution in [0, 0.1) is 5.92 Å². The number of anilines is 1. The maximum Gasteiger partial charge on any atom is 0.222 e. The number of aryl methyl sites for hydroxylation is 1. The quantitative estimate of drug-likeness (QED) is 0.721. The number of hydrogen-bond donors (Lipinski definition) is 0. The molecule has 0 unspecified atom stereocenters. The highest BCUT2D eigenvalue weighted by atomic mass is 16.2. The summed E-state index contributed by atoms with van der Waals surface area (Å²) in [5.41, 5.74) is 3.58. The van der Waals surface area contributed by atoms with Crippen LogP contribution in [0.5, 0.6) is 0 Å². The van der Waals surface area contributed by atoms with Gasteiger partial charge in [0.15, 0.2) is 5.82 Å². The van der Waals surface area contributed by atoms with Gasteiger partial charge in [0.25, 0.3) is 0 Å². The molecule has 0 N–H and O–H groups in total. The summed E-state index contributed by atoms with van der Waals surface area (Å²) < 4.78 is 0. The number of fused-ring (bicyclic) bond motifs is 1. The van der Waals surface area contributed by atoms with E-state index >= 15 is 0 Å². The van der Waals surface area contributed by atoms with Gasteiger partial charge >= 0.3 is 0 Å². The molecule has 5 rings (SSSR count). The summed E-state index contributed by atoms with van der Waals surface area (Å²) in [6.45, 7) is 9.02. The molecule has 7 heteroatoms. The molecule has 0 spiro atoms. The third-order valence-electron chi connectivity index (χ3n) is 7.40. The van der Waals surface area contributed by atoms with E-state index in [1.165, 1.54) is 11.3 Å². The van der Waals surface area contributed by atoms with Crippen molar-refractivity contribution >= 4 is 11.7 Å². The maximum absolute atomic E-state index is 12.8. The van der Waals surface area contributed by atoms with E-state index in [0.717, 1.165) is 95.1 Å². The van der Waals surface area contributed by atoms with Crippen LogP contribution in [0.3, 0.4) is 0 Å². The summed E-state index contributed by atoms with van der Waals surface area (Å²) >= 11 is 0. The molecule has 2 aliphatic heterocycles. The summed E-state index contributed by atoms with van der Waals surface area (Å²) in [7, 11) is 0. The number of hydrogen-bond acceptors (Lipinski definition) is 6. The average Bonchev–Trinajstić information content (AvgIpc) is 3.33. The van der Waals surface area contributed by atoms with E-state index in [1.54, 1.807) is 12.4 Å². The Kier molecular flexibility index (Phi) is 6.35. The van der Waals surface area contributed by atoms with Crippen molar-refractivity contribution < 1.29 is 4.79 Å². The molecule has 0 aromatic carbocycles. The number of amides is 1. The summed E-state index contributed by atoms with van der Waals surface area (Å²) in [4.78, 5) is 33.8. The number of aromatic nitrogens is 3. The fraction of sp³-hybridized carbons (Fsp3) is 0.600. The van der Waals surface area contributed by atoms with Crippen LogP contribution < -0.4 is 4.90 Å². The molecular formula is C25H34N6O. The number of rotatable bonds is 5. The zero-order valence-corrected chi connectivity index (χ0v) is 19.2. The van der Waals surface area contributed by atoms with E-state index in [-0.39, 0.29) is 0 Å². The number of carbonyl (C=O) groups is 1. The zero-order chi connectivity index (χ0) is 21.9. The highest BCUT2D eigenvalue weighted by Gasteiger charge is 2.29. The third-order valence-corrected chi connectivity index (χ3v) is 7.40. The van der Waals surface area contributed by atoms with Crippen molar-refractivity contribution in [2.45, 2.75) is 45.4 Å². The van der Waals surface area contributed by atoms with Gasteiger partial charge in [-0.2, -0.15) is 0 Å². The number of likely N-dealkylation sites (N-methyl/N-ethyl adjacent to an activating group) is 1. The maximum atomic E-state index is 12.8. The molecule has 2 aromatic heterocycles. The Bertz CT molecular complexity index is 933. The van der Waals surface area contributed by atoms with Gasteiger partial charge in [-0.05, 0) is 56.7 Å². The van der Waals surface area contributed by atoms with Crippen molar-refractivity contribution in [3.8, 4) is 11.4 Å². The highest BCUT2D eigenvalue weighted by Crippen LogP contribution is 2.34. The number of piperidine rings is 1. The molecule has 32 heavy (non-hydrogen) atoms. The smallest absolute Gasteiger partial charge is 0.222 e. The number of pyridine rings is 1. The van der Waals surface area contributed by atoms with Crippen LogP contribution in [-0.2, 0) is 17.6 Å². The van der Waals surface area contributed by atoms with Gasteiger partial charge in [-0.15, -0.1) is 0 Å². The first kappa shape index (κ1) is 21.3. The highest BCUT2D eigenvalue weighted by molar-refractivity contribution is 5.76. The van der Waals surface area contributed by atoms with Crippen molar-refractivity contribution in [3.05, 3.63) is 35.8 Å². The minimum Gasteiger partial charge on any atom is -0.356 e. The molecule has 4 heterocycles. The first-order chi connectivity index (χ1) is 15.7. The number of carbonyl (C=O) groups excluding carboxylic acids is 1. The van der Waals surface area contributed by atoms with Gasteiger partial charge in [0.1, 0.15) is 5.82 Å². The van der Waals surface area contributed by atoms with Crippen molar-refractivity contribution in [2.75, 3.05) is 50.7 Å². The van der Waals surface area contributed by atoms with Crippen molar-refractivity contribution in [3.63, 3.8) is 0 Å². The molecule has 170 valence electrons. The molecule has 1 aliphatic carbocycles. The largest absolute Gasteiger partial charge is 0.356 e. The van der Waals surface area contributed by atoms with Crippen molar-refractivity contribution in [2.24, 2.45) is 5.92 Å². The van der Waals surface area contributed by atoms with E-state index in [4.69, 9.17) is 9.97 Å². The van der Waals surface area contributed by atoms with Gasteiger partial charge in [-0.25, -0.2) is 9.97 Å². The summed E-state index contributed by atoms with van der Waals surface area (Å²) in [6, 6.07) is 3.97. The molecule has 2 fully saturated rings. The lowest BCUT2D eigenvalue weighted by molar-refractivity contribution is -0.134. The Morgan fingerprint density at radius 3 is 2.47 bits per heavy atom. The molecule has 7 nitrogen and oxygen atoms in total. The van der Waals surface area contributed by atoms with Crippen LogP contribution in [0.1, 0.15) is 43.9 Å². The molecule has 0 saturated carbocycles. The SMILES string of the molecule is CCN1CCN(C(=O)CC2CCN(c3nc(-c4ccncc4)nc4c3CCC4)CC2)CC1. The van der Waals surface area contributed by atoms with Crippen LogP contribution in [0.2, 0.25) is 0 Å². The van der Waals surface area contributed by atoms with Gasteiger partial charge < -0.3 is 14.7 Å². The molecule has 0 bridgehead atoms. The molecule has 0 radical (unpaired) electrons. The lowest BCUT2D eigenvalue weighted by atomic mass is 9.92. The van der Waals surface area contributed by atoms with Gasteiger partial charge in [-0.3, -0.25) is 9.78 Å². The van der Waals surface area contributed by atoms with Gasteiger partial charge in [0.2, 0.25) is 5.91 Å². The molecule has 1 amide bonds. The first-order valence-electron chi connectivity index (χ1n) is 12.3. The number of nitrogens with zero attached hydrogens (tertiary/aromatic N) is 6. The van der Waals surface area contributed by atoms with E-state index < -0.39 is 0 Å². The summed E-state index contributed by atoms with van der Waals surface area (Å²) in [5.74, 6) is 2.77. The average molecular weight is 435 g/mol. The van der Waals surface area contributed by atoms with Crippen LogP contribution in [0.25, 0.3) is 11.4 Å². The summed E-state index contributed by atoms with van der Waals surface area (Å²) in [5, 5.41) is 0. The molecule has 0 atom stereocenters. The monoisotopic (exact) mass is 434 g/mol. The standard InChI is InChI=1S/C25H34N6O/c1-2-29-14-16-30(17-15-29)23(32)18-19-8-12-31(13-9-19)25-21-4-3-5-22(21)27-24(28-25)20-6-10-26-11-7-20/h6-7,10-11,19H,2-5,8-9,12-18H2,1H3. The lowest BCUT2D eigenvalue weighted by Gasteiger charge is -2.37. The van der Waals surface area contributed by atoms with Crippen molar-refractivity contribution in [1.82, 2.24) is 24.8 Å². The third kappa shape index (κ3) is 4.49.